The third kappa shape index (κ3) is 3.38. The molecule has 0 heterocycles. The highest BCUT2D eigenvalue weighted by Gasteiger charge is 2.37. The zero-order chi connectivity index (χ0) is 11.4. The lowest BCUT2D eigenvalue weighted by atomic mass is 10.0. The molecule has 4 nitrogen and oxygen atoms in total. The zero-order valence-corrected chi connectivity index (χ0v) is 9.98. The first-order valence-corrected chi connectivity index (χ1v) is 6.34. The van der Waals surface area contributed by atoms with Crippen molar-refractivity contribution in [1.29, 1.82) is 0 Å². The molecule has 0 saturated carbocycles. The minimum atomic E-state index is -3.33. The van der Waals surface area contributed by atoms with Crippen molar-refractivity contribution in [3.8, 4) is 0 Å². The third-order valence-corrected chi connectivity index (χ3v) is 4.43. The highest BCUT2D eigenvalue weighted by Crippen LogP contribution is 2.18. The topological polar surface area (TPSA) is 60.4 Å². The largest absolute Gasteiger partial charge is 0.385 e. The predicted molar refractivity (Wildman–Crippen MR) is 55.0 cm³/mol. The molecule has 14 heavy (non-hydrogen) atoms. The van der Waals surface area contributed by atoms with Gasteiger partial charge in [0.2, 0.25) is 0 Å². The first-order valence-electron chi connectivity index (χ1n) is 4.45. The van der Waals surface area contributed by atoms with Crippen LogP contribution in [0.25, 0.3) is 0 Å². The molecule has 0 N–H and O–H groups in total. The van der Waals surface area contributed by atoms with Crippen LogP contribution in [-0.2, 0) is 19.4 Å². The Morgan fingerprint density at radius 1 is 1.36 bits per heavy atom. The van der Waals surface area contributed by atoms with Gasteiger partial charge in [0.1, 0.15) is 4.75 Å². The maximum atomic E-state index is 11.6. The minimum absolute atomic E-state index is 0.244. The number of carbonyl (C=O) groups excluding carboxylic acids is 1. The van der Waals surface area contributed by atoms with Crippen molar-refractivity contribution in [2.24, 2.45) is 0 Å². The van der Waals surface area contributed by atoms with Crippen molar-refractivity contribution in [2.45, 2.75) is 31.4 Å². The second kappa shape index (κ2) is 4.89. The lowest BCUT2D eigenvalue weighted by molar-refractivity contribution is -0.121. The standard InChI is InChI=1S/C9H18O4S/c1-9(2,14(4,11)12)8(10)6-5-7-13-3/h5-7H2,1-4H3. The van der Waals surface area contributed by atoms with Crippen molar-refractivity contribution in [1.82, 2.24) is 0 Å². The van der Waals surface area contributed by atoms with E-state index in [2.05, 4.69) is 0 Å². The van der Waals surface area contributed by atoms with Gasteiger partial charge in [-0.1, -0.05) is 0 Å². The summed E-state index contributed by atoms with van der Waals surface area (Å²) in [5.41, 5.74) is 0. The summed E-state index contributed by atoms with van der Waals surface area (Å²) >= 11 is 0. The molecule has 0 spiro atoms. The summed E-state index contributed by atoms with van der Waals surface area (Å²) in [6.07, 6.45) is 1.89. The van der Waals surface area contributed by atoms with Gasteiger partial charge in [0.15, 0.2) is 15.6 Å². The molecule has 0 atom stereocenters. The van der Waals surface area contributed by atoms with Gasteiger partial charge < -0.3 is 4.74 Å². The average Bonchev–Trinajstić information content (AvgIpc) is 2.02. The number of hydrogen-bond donors (Lipinski definition) is 0. The van der Waals surface area contributed by atoms with Crippen molar-refractivity contribution in [3.63, 3.8) is 0 Å². The Bertz CT molecular complexity index is 290. The van der Waals surface area contributed by atoms with Gasteiger partial charge in [0, 0.05) is 26.4 Å². The van der Waals surface area contributed by atoms with E-state index in [9.17, 15) is 13.2 Å². The summed E-state index contributed by atoms with van der Waals surface area (Å²) in [5.74, 6) is -0.253. The van der Waals surface area contributed by atoms with E-state index in [-0.39, 0.29) is 12.2 Å². The van der Waals surface area contributed by atoms with Gasteiger partial charge in [-0.15, -0.1) is 0 Å². The first-order chi connectivity index (χ1) is 6.23. The van der Waals surface area contributed by atoms with Crippen LogP contribution in [0.1, 0.15) is 26.7 Å². The number of rotatable bonds is 6. The predicted octanol–water partition coefficient (Wildman–Crippen LogP) is 0.805. The van der Waals surface area contributed by atoms with Gasteiger partial charge >= 0.3 is 0 Å². The summed E-state index contributed by atoms with van der Waals surface area (Å²) < 4.78 is 26.1. The van der Waals surface area contributed by atoms with Gasteiger partial charge in [-0.05, 0) is 20.3 Å². The second-order valence-electron chi connectivity index (χ2n) is 3.80. The molecule has 0 rings (SSSR count). The summed E-state index contributed by atoms with van der Waals surface area (Å²) in [5, 5.41) is 0. The number of sulfone groups is 1. The Kier molecular flexibility index (Phi) is 4.74. The van der Waals surface area contributed by atoms with Crippen LogP contribution in [0.5, 0.6) is 0 Å². The fraction of sp³-hybridized carbons (Fsp3) is 0.889. The van der Waals surface area contributed by atoms with Crippen molar-refractivity contribution < 1.29 is 17.9 Å². The Hall–Kier alpha value is -0.420. The van der Waals surface area contributed by atoms with E-state index >= 15 is 0 Å². The molecule has 0 radical (unpaired) electrons. The molecule has 84 valence electrons. The summed E-state index contributed by atoms with van der Waals surface area (Å²) in [7, 11) is -1.78. The maximum absolute atomic E-state index is 11.6. The molecule has 0 aromatic rings. The average molecular weight is 222 g/mol. The Morgan fingerprint density at radius 2 is 1.86 bits per heavy atom. The molecule has 0 aromatic heterocycles. The molecule has 0 unspecified atom stereocenters. The van der Waals surface area contributed by atoms with Crippen LogP contribution in [0, 0.1) is 0 Å². The van der Waals surface area contributed by atoms with Crippen molar-refractivity contribution in [2.75, 3.05) is 20.0 Å². The Balaban J connectivity index is 4.39. The molecule has 0 aliphatic heterocycles. The lowest BCUT2D eigenvalue weighted by Gasteiger charge is -2.20. The molecule has 0 amide bonds. The highest BCUT2D eigenvalue weighted by molar-refractivity contribution is 7.92. The fourth-order valence-electron chi connectivity index (χ4n) is 0.885. The number of ketones is 1. The molecule has 0 aromatic carbocycles. The molecular formula is C9H18O4S. The van der Waals surface area contributed by atoms with Crippen LogP contribution < -0.4 is 0 Å². The minimum Gasteiger partial charge on any atom is -0.385 e. The number of hydrogen-bond acceptors (Lipinski definition) is 4. The van der Waals surface area contributed by atoms with Crippen LogP contribution in [-0.4, -0.2) is 38.9 Å². The normalized spacial score (nSPS) is 12.9. The van der Waals surface area contributed by atoms with Crippen LogP contribution in [0.4, 0.5) is 0 Å². The van der Waals surface area contributed by atoms with E-state index in [0.717, 1.165) is 6.26 Å². The quantitative estimate of drug-likeness (QED) is 0.624. The molecule has 0 bridgehead atoms. The van der Waals surface area contributed by atoms with Crippen LogP contribution >= 0.6 is 0 Å². The number of Topliss-reactive ketones (excluding diaryl/α,β-unsaturated/α-hetero) is 1. The number of methoxy groups -OCH3 is 1. The smallest absolute Gasteiger partial charge is 0.159 e. The molecule has 5 heteroatoms. The fourth-order valence-corrected chi connectivity index (χ4v) is 1.40. The zero-order valence-electron chi connectivity index (χ0n) is 9.16. The van der Waals surface area contributed by atoms with Gasteiger partial charge in [-0.25, -0.2) is 8.42 Å². The van der Waals surface area contributed by atoms with Crippen molar-refractivity contribution >= 4 is 15.6 Å². The Morgan fingerprint density at radius 3 is 2.21 bits per heavy atom. The molecular weight excluding hydrogens is 204 g/mol. The summed E-state index contributed by atoms with van der Waals surface area (Å²) in [6.45, 7) is 3.36. The summed E-state index contributed by atoms with van der Waals surface area (Å²) in [6, 6.07) is 0. The van der Waals surface area contributed by atoms with E-state index in [0.29, 0.717) is 13.0 Å². The molecule has 0 saturated heterocycles. The maximum Gasteiger partial charge on any atom is 0.159 e. The first kappa shape index (κ1) is 13.6. The monoisotopic (exact) mass is 222 g/mol. The van der Waals surface area contributed by atoms with Crippen molar-refractivity contribution in [3.05, 3.63) is 0 Å². The second-order valence-corrected chi connectivity index (χ2v) is 6.37. The third-order valence-electron chi connectivity index (χ3n) is 2.35. The summed E-state index contributed by atoms with van der Waals surface area (Å²) in [4.78, 5) is 11.6. The Labute approximate surface area is 85.6 Å². The van der Waals surface area contributed by atoms with Gasteiger partial charge in [-0.2, -0.15) is 0 Å². The number of ether oxygens (including phenoxy) is 1. The number of carbonyl (C=O) groups is 1. The molecule has 0 aliphatic carbocycles. The van der Waals surface area contributed by atoms with Gasteiger partial charge in [-0.3, -0.25) is 4.79 Å². The van der Waals surface area contributed by atoms with Crippen LogP contribution in [0.3, 0.4) is 0 Å². The van der Waals surface area contributed by atoms with Crippen LogP contribution in [0.15, 0.2) is 0 Å². The highest BCUT2D eigenvalue weighted by atomic mass is 32.2. The lowest BCUT2D eigenvalue weighted by Crippen LogP contribution is -2.39. The van der Waals surface area contributed by atoms with E-state index in [1.807, 2.05) is 0 Å². The van der Waals surface area contributed by atoms with E-state index in [1.165, 1.54) is 13.8 Å². The van der Waals surface area contributed by atoms with Crippen LogP contribution in [0.2, 0.25) is 0 Å². The molecule has 0 aliphatic rings. The molecule has 0 fully saturated rings. The van der Waals surface area contributed by atoms with Gasteiger partial charge in [0.25, 0.3) is 0 Å². The van der Waals surface area contributed by atoms with E-state index in [1.54, 1.807) is 7.11 Å². The van der Waals surface area contributed by atoms with E-state index < -0.39 is 14.6 Å². The van der Waals surface area contributed by atoms with Gasteiger partial charge in [0.05, 0.1) is 0 Å². The van der Waals surface area contributed by atoms with E-state index in [4.69, 9.17) is 4.74 Å². The SMILES string of the molecule is COCCCC(=O)C(C)(C)S(C)(=O)=O.